The van der Waals surface area contributed by atoms with Gasteiger partial charge in [-0.1, -0.05) is 61.5 Å². The van der Waals surface area contributed by atoms with Gasteiger partial charge in [0.2, 0.25) is 5.91 Å². The zero-order chi connectivity index (χ0) is 32.8. The number of hydrogen-bond acceptors (Lipinski definition) is 6. The Kier molecular flexibility index (Phi) is 10.4. The van der Waals surface area contributed by atoms with Gasteiger partial charge in [0.25, 0.3) is 10.0 Å². The second-order valence-electron chi connectivity index (χ2n) is 12.0. The van der Waals surface area contributed by atoms with Crippen LogP contribution in [0.4, 0.5) is 10.1 Å². The van der Waals surface area contributed by atoms with Crippen LogP contribution in [0.5, 0.6) is 5.75 Å². The molecule has 3 atom stereocenters. The van der Waals surface area contributed by atoms with Crippen LogP contribution in [0.15, 0.2) is 102 Å². The fraction of sp³-hybridized carbons (Fsp3) is 0.306. The maximum atomic E-state index is 13.6. The van der Waals surface area contributed by atoms with Gasteiger partial charge in [-0.25, -0.2) is 12.8 Å². The van der Waals surface area contributed by atoms with Crippen LogP contribution in [-0.2, 0) is 27.8 Å². The molecule has 2 N–H and O–H groups in total. The third-order valence-corrected chi connectivity index (χ3v) is 9.70. The Labute approximate surface area is 270 Å². The number of hydrogen-bond donors (Lipinski definition) is 2. The van der Waals surface area contributed by atoms with Crippen molar-refractivity contribution in [2.45, 2.75) is 43.9 Å². The molecule has 0 radical (unpaired) electrons. The van der Waals surface area contributed by atoms with Gasteiger partial charge in [-0.2, -0.15) is 0 Å². The molecule has 46 heavy (non-hydrogen) atoms. The highest BCUT2D eigenvalue weighted by molar-refractivity contribution is 7.92. The van der Waals surface area contributed by atoms with E-state index < -0.39 is 21.9 Å². The summed E-state index contributed by atoms with van der Waals surface area (Å²) in [4.78, 5) is 17.3. The fourth-order valence-corrected chi connectivity index (χ4v) is 6.70. The van der Waals surface area contributed by atoms with Crippen molar-refractivity contribution < 1.29 is 27.4 Å². The largest absolute Gasteiger partial charge is 0.488 e. The number of likely N-dealkylation sites (N-methyl/N-ethyl adjacent to an activating group) is 1. The van der Waals surface area contributed by atoms with Crippen LogP contribution >= 0.6 is 0 Å². The van der Waals surface area contributed by atoms with E-state index in [1.54, 1.807) is 30.0 Å². The summed E-state index contributed by atoms with van der Waals surface area (Å²) >= 11 is 0. The predicted octanol–water partition coefficient (Wildman–Crippen LogP) is 5.57. The number of aliphatic hydroxyl groups is 1. The predicted molar refractivity (Wildman–Crippen MR) is 177 cm³/mol. The molecule has 0 aliphatic carbocycles. The summed E-state index contributed by atoms with van der Waals surface area (Å²) in [5.41, 5.74) is 4.25. The highest BCUT2D eigenvalue weighted by Gasteiger charge is 2.31. The number of benzene rings is 4. The summed E-state index contributed by atoms with van der Waals surface area (Å²) in [6.45, 7) is 5.30. The lowest BCUT2D eigenvalue weighted by molar-refractivity contribution is -0.134. The molecule has 242 valence electrons. The first-order chi connectivity index (χ1) is 22.0. The van der Waals surface area contributed by atoms with E-state index in [4.69, 9.17) is 4.74 Å². The smallest absolute Gasteiger partial charge is 0.261 e. The molecule has 1 amide bonds. The molecule has 1 aliphatic rings. The SMILES string of the molecule is C[C@@H]1CN([C@@H](C)CO)C(=O)Cc2cc(NS(=O)(=O)c3ccc(F)cc3)ccc2O[C@H]1CN(C)Cc1ccc(-c2ccccc2)cc1. The zero-order valence-corrected chi connectivity index (χ0v) is 27.1. The van der Waals surface area contributed by atoms with E-state index in [-0.39, 0.29) is 41.5 Å². The van der Waals surface area contributed by atoms with Gasteiger partial charge in [-0.3, -0.25) is 14.4 Å². The molecule has 5 rings (SSSR count). The van der Waals surface area contributed by atoms with Gasteiger partial charge in [-0.05, 0) is 73.1 Å². The number of sulfonamides is 1. The number of anilines is 1. The van der Waals surface area contributed by atoms with E-state index in [0.29, 0.717) is 30.9 Å². The minimum absolute atomic E-state index is 0.0329. The summed E-state index contributed by atoms with van der Waals surface area (Å²) in [5, 5.41) is 9.95. The van der Waals surface area contributed by atoms with E-state index in [1.165, 1.54) is 12.1 Å². The third-order valence-electron chi connectivity index (χ3n) is 8.30. The van der Waals surface area contributed by atoms with E-state index >= 15 is 0 Å². The number of nitrogens with zero attached hydrogens (tertiary/aromatic N) is 2. The first-order valence-electron chi connectivity index (χ1n) is 15.3. The number of halogens is 1. The molecular weight excluding hydrogens is 605 g/mol. The molecular formula is C36H40FN3O5S. The average molecular weight is 646 g/mol. The fourth-order valence-electron chi connectivity index (χ4n) is 5.66. The Hall–Kier alpha value is -4.25. The van der Waals surface area contributed by atoms with E-state index in [9.17, 15) is 22.7 Å². The molecule has 1 aliphatic heterocycles. The normalized spacial score (nSPS) is 17.8. The summed E-state index contributed by atoms with van der Waals surface area (Å²) in [7, 11) is -1.97. The molecule has 8 nitrogen and oxygen atoms in total. The molecule has 4 aromatic carbocycles. The minimum atomic E-state index is -4.00. The maximum absolute atomic E-state index is 13.6. The molecule has 0 spiro atoms. The highest BCUT2D eigenvalue weighted by Crippen LogP contribution is 2.30. The van der Waals surface area contributed by atoms with Gasteiger partial charge in [-0.15, -0.1) is 0 Å². The standard InChI is InChI=1S/C36H40FN3O5S/c1-25-21-40(26(2)24-41)36(42)20-30-19-32(38-46(43,44)33-16-13-31(37)14-17-33)15-18-34(30)45-35(25)23-39(3)22-27-9-11-29(12-10-27)28-7-5-4-6-8-28/h4-19,25-26,35,38,41H,20-24H2,1-3H3/t25-,26+,35+/m1/s1. The van der Waals surface area contributed by atoms with Crippen molar-refractivity contribution >= 4 is 21.6 Å². The molecule has 0 unspecified atom stereocenters. The molecule has 1 heterocycles. The van der Waals surface area contributed by atoms with E-state index in [0.717, 1.165) is 28.8 Å². The Morgan fingerprint density at radius 3 is 2.35 bits per heavy atom. The van der Waals surface area contributed by atoms with Gasteiger partial charge >= 0.3 is 0 Å². The number of fused-ring (bicyclic) bond motifs is 1. The van der Waals surface area contributed by atoms with Crippen molar-refractivity contribution in [3.63, 3.8) is 0 Å². The number of nitrogens with one attached hydrogen (secondary N) is 1. The average Bonchev–Trinajstić information content (AvgIpc) is 3.08. The first-order valence-corrected chi connectivity index (χ1v) is 16.8. The van der Waals surface area contributed by atoms with Crippen LogP contribution in [0.1, 0.15) is 25.0 Å². The van der Waals surface area contributed by atoms with Crippen LogP contribution in [0.3, 0.4) is 0 Å². The molecule has 0 saturated heterocycles. The van der Waals surface area contributed by atoms with Crippen molar-refractivity contribution in [3.8, 4) is 16.9 Å². The lowest BCUT2D eigenvalue weighted by Gasteiger charge is -2.34. The van der Waals surface area contributed by atoms with E-state index in [2.05, 4.69) is 46.0 Å². The van der Waals surface area contributed by atoms with Crippen molar-refractivity contribution in [1.82, 2.24) is 9.80 Å². The highest BCUT2D eigenvalue weighted by atomic mass is 32.2. The monoisotopic (exact) mass is 645 g/mol. The van der Waals surface area contributed by atoms with Crippen LogP contribution < -0.4 is 9.46 Å². The Bertz CT molecular complexity index is 1730. The summed E-state index contributed by atoms with van der Waals surface area (Å²) < 4.78 is 48.5. The summed E-state index contributed by atoms with van der Waals surface area (Å²) in [6, 6.07) is 27.7. The van der Waals surface area contributed by atoms with Gasteiger partial charge in [0.1, 0.15) is 17.7 Å². The van der Waals surface area contributed by atoms with Gasteiger partial charge in [0.15, 0.2) is 0 Å². The minimum Gasteiger partial charge on any atom is -0.488 e. The second kappa shape index (κ2) is 14.5. The summed E-state index contributed by atoms with van der Waals surface area (Å²) in [5.74, 6) is -0.314. The Balaban J connectivity index is 1.37. The molecule has 4 aromatic rings. The molecule has 0 bridgehead atoms. The number of carbonyl (C=O) groups is 1. The van der Waals surface area contributed by atoms with Gasteiger partial charge in [0.05, 0.1) is 24.0 Å². The van der Waals surface area contributed by atoms with Crippen molar-refractivity contribution in [1.29, 1.82) is 0 Å². The second-order valence-corrected chi connectivity index (χ2v) is 13.7. The molecule has 0 saturated carbocycles. The van der Waals surface area contributed by atoms with Crippen LogP contribution in [0.25, 0.3) is 11.1 Å². The number of amides is 1. The molecule has 10 heteroatoms. The van der Waals surface area contributed by atoms with Gasteiger partial charge < -0.3 is 14.7 Å². The molecule has 0 fully saturated rings. The quantitative estimate of drug-likeness (QED) is 0.234. The van der Waals surface area contributed by atoms with Crippen molar-refractivity contribution in [3.05, 3.63) is 114 Å². The number of ether oxygens (including phenoxy) is 1. The first kappa shape index (κ1) is 33.1. The third kappa shape index (κ3) is 8.12. The maximum Gasteiger partial charge on any atom is 0.261 e. The van der Waals surface area contributed by atoms with Gasteiger partial charge in [0, 0.05) is 36.8 Å². The lowest BCUT2D eigenvalue weighted by atomic mass is 10.0. The topological polar surface area (TPSA) is 99.2 Å². The van der Waals surface area contributed by atoms with Crippen molar-refractivity contribution in [2.75, 3.05) is 31.5 Å². The Morgan fingerprint density at radius 1 is 1.00 bits per heavy atom. The van der Waals surface area contributed by atoms with Crippen LogP contribution in [0.2, 0.25) is 0 Å². The molecule has 0 aromatic heterocycles. The van der Waals surface area contributed by atoms with E-state index in [1.807, 2.05) is 32.2 Å². The number of carbonyl (C=O) groups excluding carboxylic acids is 1. The Morgan fingerprint density at radius 2 is 1.67 bits per heavy atom. The van der Waals surface area contributed by atoms with Crippen molar-refractivity contribution in [2.24, 2.45) is 5.92 Å². The van der Waals surface area contributed by atoms with Crippen LogP contribution in [0, 0.1) is 11.7 Å². The summed E-state index contributed by atoms with van der Waals surface area (Å²) in [6.07, 6.45) is -0.345. The number of rotatable bonds is 10. The number of aliphatic hydroxyl groups excluding tert-OH is 1. The lowest BCUT2D eigenvalue weighted by Crippen LogP contribution is -2.47. The zero-order valence-electron chi connectivity index (χ0n) is 26.3. The van der Waals surface area contributed by atoms with Crippen LogP contribution in [-0.4, -0.2) is 68.1 Å².